The molecule has 0 aliphatic carbocycles. The number of hydrogen-bond acceptors (Lipinski definition) is 5. The van der Waals surface area contributed by atoms with E-state index < -0.39 is 11.8 Å². The number of carbonyl (C=O) groups is 2. The highest BCUT2D eigenvalue weighted by Crippen LogP contribution is 2.28. The van der Waals surface area contributed by atoms with E-state index in [1.54, 1.807) is 55.7 Å². The number of rotatable bonds is 8. The molecule has 3 aromatic rings. The van der Waals surface area contributed by atoms with Gasteiger partial charge in [0.05, 0.1) is 19.8 Å². The van der Waals surface area contributed by atoms with E-state index in [0.29, 0.717) is 29.4 Å². The Hall–Kier alpha value is -4.26. The molecule has 0 aliphatic heterocycles. The molecule has 0 unspecified atom stereocenters. The molecule has 0 aromatic heterocycles. The maximum absolute atomic E-state index is 12.5. The lowest BCUT2D eigenvalue weighted by atomic mass is 10.2. The van der Waals surface area contributed by atoms with Crippen LogP contribution in [-0.4, -0.2) is 26.0 Å². The third kappa shape index (κ3) is 6.12. The first kappa shape index (κ1) is 22.4. The quantitative estimate of drug-likeness (QED) is 0.418. The molecule has 3 rings (SSSR count). The van der Waals surface area contributed by atoms with Gasteiger partial charge in [0.1, 0.15) is 12.4 Å². The molecule has 0 aliphatic rings. The molecule has 0 saturated carbocycles. The van der Waals surface area contributed by atoms with Gasteiger partial charge < -0.3 is 14.2 Å². The third-order valence-electron chi connectivity index (χ3n) is 4.50. The lowest BCUT2D eigenvalue weighted by Crippen LogP contribution is -2.40. The van der Waals surface area contributed by atoms with Crippen LogP contribution in [0.5, 0.6) is 17.2 Å². The highest BCUT2D eigenvalue weighted by atomic mass is 16.5. The molecule has 0 fully saturated rings. The minimum absolute atomic E-state index is 0.313. The summed E-state index contributed by atoms with van der Waals surface area (Å²) in [5.41, 5.74) is 6.80. The van der Waals surface area contributed by atoms with E-state index in [1.807, 2.05) is 30.3 Å². The van der Waals surface area contributed by atoms with Gasteiger partial charge in [-0.2, -0.15) is 0 Å². The van der Waals surface area contributed by atoms with Gasteiger partial charge in [-0.25, -0.2) is 0 Å². The number of para-hydroxylation sites is 1. The number of hydrazine groups is 1. The van der Waals surface area contributed by atoms with E-state index in [0.717, 1.165) is 11.1 Å². The van der Waals surface area contributed by atoms with Crippen molar-refractivity contribution in [1.29, 1.82) is 0 Å². The number of ether oxygens (including phenoxy) is 3. The van der Waals surface area contributed by atoms with Gasteiger partial charge in [0.2, 0.25) is 0 Å². The van der Waals surface area contributed by atoms with Crippen LogP contribution in [0.25, 0.3) is 6.08 Å². The fourth-order valence-corrected chi connectivity index (χ4v) is 2.87. The Morgan fingerprint density at radius 1 is 0.812 bits per heavy atom. The summed E-state index contributed by atoms with van der Waals surface area (Å²) in [6.45, 7) is 0.325. The zero-order chi connectivity index (χ0) is 22.8. The molecule has 0 radical (unpaired) electrons. The second kappa shape index (κ2) is 11.2. The fourth-order valence-electron chi connectivity index (χ4n) is 2.87. The number of amides is 2. The molecular formula is C25H24N2O5. The molecule has 0 spiro atoms. The van der Waals surface area contributed by atoms with Crippen molar-refractivity contribution < 1.29 is 23.8 Å². The molecule has 0 saturated heterocycles. The molecule has 7 nitrogen and oxygen atoms in total. The lowest BCUT2D eigenvalue weighted by molar-refractivity contribution is -0.117. The molecule has 164 valence electrons. The molecule has 0 heterocycles. The van der Waals surface area contributed by atoms with Crippen molar-refractivity contribution in [1.82, 2.24) is 10.9 Å². The maximum atomic E-state index is 12.5. The minimum Gasteiger partial charge on any atom is -0.493 e. The number of methoxy groups -OCH3 is 2. The monoisotopic (exact) mass is 432 g/mol. The number of hydrogen-bond donors (Lipinski definition) is 2. The number of nitrogens with one attached hydrogen (secondary N) is 2. The normalized spacial score (nSPS) is 10.4. The zero-order valence-electron chi connectivity index (χ0n) is 17.8. The summed E-state index contributed by atoms with van der Waals surface area (Å²) >= 11 is 0. The molecule has 32 heavy (non-hydrogen) atoms. The predicted molar refractivity (Wildman–Crippen MR) is 121 cm³/mol. The Morgan fingerprint density at radius 2 is 1.53 bits per heavy atom. The van der Waals surface area contributed by atoms with E-state index in [-0.39, 0.29) is 0 Å². The van der Waals surface area contributed by atoms with Crippen LogP contribution < -0.4 is 25.1 Å². The largest absolute Gasteiger partial charge is 0.493 e. The summed E-state index contributed by atoms with van der Waals surface area (Å²) in [6, 6.07) is 21.7. The zero-order valence-corrected chi connectivity index (χ0v) is 17.8. The second-order valence-electron chi connectivity index (χ2n) is 6.66. The molecule has 2 amide bonds. The van der Waals surface area contributed by atoms with Crippen LogP contribution in [0.4, 0.5) is 0 Å². The third-order valence-corrected chi connectivity index (χ3v) is 4.50. The van der Waals surface area contributed by atoms with Crippen LogP contribution in [0.15, 0.2) is 78.9 Å². The van der Waals surface area contributed by atoms with Crippen molar-refractivity contribution in [2.75, 3.05) is 14.2 Å². The van der Waals surface area contributed by atoms with E-state index in [9.17, 15) is 9.59 Å². The molecule has 0 bridgehead atoms. The van der Waals surface area contributed by atoms with Crippen LogP contribution >= 0.6 is 0 Å². The van der Waals surface area contributed by atoms with Crippen molar-refractivity contribution in [2.45, 2.75) is 6.61 Å². The highest BCUT2D eigenvalue weighted by Gasteiger charge is 2.12. The van der Waals surface area contributed by atoms with Gasteiger partial charge in [-0.1, -0.05) is 48.5 Å². The van der Waals surface area contributed by atoms with Crippen LogP contribution in [0, 0.1) is 0 Å². The SMILES string of the molecule is COc1ccc(C=CC(=O)NNC(=O)c2ccccc2OCc2ccccc2)cc1OC. The van der Waals surface area contributed by atoms with Gasteiger partial charge in [0.25, 0.3) is 11.8 Å². The summed E-state index contributed by atoms with van der Waals surface area (Å²) in [5.74, 6) is 0.589. The van der Waals surface area contributed by atoms with Crippen molar-refractivity contribution in [3.8, 4) is 17.2 Å². The Bertz CT molecular complexity index is 1100. The summed E-state index contributed by atoms with van der Waals surface area (Å²) in [5, 5.41) is 0. The van der Waals surface area contributed by atoms with E-state index in [1.165, 1.54) is 13.2 Å². The maximum Gasteiger partial charge on any atom is 0.273 e. The first-order chi connectivity index (χ1) is 15.6. The summed E-state index contributed by atoms with van der Waals surface area (Å²) < 4.78 is 16.2. The average Bonchev–Trinajstić information content (AvgIpc) is 2.85. The van der Waals surface area contributed by atoms with E-state index >= 15 is 0 Å². The van der Waals surface area contributed by atoms with Gasteiger partial charge >= 0.3 is 0 Å². The van der Waals surface area contributed by atoms with E-state index in [4.69, 9.17) is 14.2 Å². The first-order valence-corrected chi connectivity index (χ1v) is 9.87. The number of carbonyl (C=O) groups excluding carboxylic acids is 2. The van der Waals surface area contributed by atoms with Gasteiger partial charge in [0, 0.05) is 6.08 Å². The van der Waals surface area contributed by atoms with Gasteiger partial charge in [-0.3, -0.25) is 20.4 Å². The Labute approximate surface area is 186 Å². The van der Waals surface area contributed by atoms with Crippen LogP contribution in [0.3, 0.4) is 0 Å². The smallest absolute Gasteiger partial charge is 0.273 e. The van der Waals surface area contributed by atoms with Crippen molar-refractivity contribution >= 4 is 17.9 Å². The lowest BCUT2D eigenvalue weighted by Gasteiger charge is -2.12. The van der Waals surface area contributed by atoms with Crippen LogP contribution in [0.2, 0.25) is 0 Å². The topological polar surface area (TPSA) is 85.9 Å². The van der Waals surface area contributed by atoms with Crippen LogP contribution in [0.1, 0.15) is 21.5 Å². The van der Waals surface area contributed by atoms with Crippen molar-refractivity contribution in [2.24, 2.45) is 0 Å². The molecule has 2 N–H and O–H groups in total. The summed E-state index contributed by atoms with van der Waals surface area (Å²) in [4.78, 5) is 24.7. The average molecular weight is 432 g/mol. The number of benzene rings is 3. The standard InChI is InChI=1S/C25H24N2O5/c1-30-22-14-12-18(16-23(22)31-2)13-15-24(28)26-27-25(29)20-10-6-7-11-21(20)32-17-19-8-4-3-5-9-19/h3-16H,17H2,1-2H3,(H,26,28)(H,27,29). The van der Waals surface area contributed by atoms with Crippen LogP contribution in [-0.2, 0) is 11.4 Å². The second-order valence-corrected chi connectivity index (χ2v) is 6.66. The first-order valence-electron chi connectivity index (χ1n) is 9.87. The predicted octanol–water partition coefficient (Wildman–Crippen LogP) is 3.76. The van der Waals surface area contributed by atoms with Gasteiger partial charge in [-0.05, 0) is 41.5 Å². The highest BCUT2D eigenvalue weighted by molar-refractivity contribution is 5.99. The fraction of sp³-hybridized carbons (Fsp3) is 0.120. The molecule has 7 heteroatoms. The van der Waals surface area contributed by atoms with Gasteiger partial charge in [-0.15, -0.1) is 0 Å². The van der Waals surface area contributed by atoms with Crippen molar-refractivity contribution in [3.05, 3.63) is 95.6 Å². The Kier molecular flexibility index (Phi) is 7.86. The Morgan fingerprint density at radius 3 is 2.28 bits per heavy atom. The molecule has 3 aromatic carbocycles. The Balaban J connectivity index is 1.57. The minimum atomic E-state index is -0.490. The van der Waals surface area contributed by atoms with Crippen molar-refractivity contribution in [3.63, 3.8) is 0 Å². The summed E-state index contributed by atoms with van der Waals surface area (Å²) in [6.07, 6.45) is 2.90. The molecule has 0 atom stereocenters. The molecular weight excluding hydrogens is 408 g/mol. The van der Waals surface area contributed by atoms with E-state index in [2.05, 4.69) is 10.9 Å². The van der Waals surface area contributed by atoms with Gasteiger partial charge in [0.15, 0.2) is 11.5 Å². The summed E-state index contributed by atoms with van der Waals surface area (Å²) in [7, 11) is 3.09.